The van der Waals surface area contributed by atoms with Gasteiger partial charge in [0.05, 0.1) is 28.0 Å². The summed E-state index contributed by atoms with van der Waals surface area (Å²) in [5, 5.41) is 10.2. The topological polar surface area (TPSA) is 81.4 Å². The molecule has 0 spiro atoms. The Morgan fingerprint density at radius 1 is 1.31 bits per heavy atom. The third-order valence-corrected chi connectivity index (χ3v) is 5.29. The first-order chi connectivity index (χ1) is 14.0. The number of ether oxygens (including phenoxy) is 1. The number of rotatable bonds is 2. The van der Waals surface area contributed by atoms with Crippen molar-refractivity contribution in [1.29, 1.82) is 0 Å². The van der Waals surface area contributed by atoms with Crippen molar-refractivity contribution in [3.8, 4) is 16.9 Å². The summed E-state index contributed by atoms with van der Waals surface area (Å²) >= 11 is 0. The number of hydrogen-bond donors (Lipinski definition) is 1. The van der Waals surface area contributed by atoms with Crippen molar-refractivity contribution in [1.82, 2.24) is 9.55 Å². The Morgan fingerprint density at radius 3 is 2.93 bits per heavy atom. The molecule has 7 heteroatoms. The van der Waals surface area contributed by atoms with Crippen LogP contribution in [0, 0.1) is 5.82 Å². The normalized spacial score (nSPS) is 15.4. The molecule has 0 aliphatic carbocycles. The van der Waals surface area contributed by atoms with Gasteiger partial charge in [-0.15, -0.1) is 0 Å². The molecule has 0 saturated carbocycles. The van der Waals surface area contributed by atoms with Crippen LogP contribution in [0.2, 0.25) is 0 Å². The van der Waals surface area contributed by atoms with E-state index in [0.717, 1.165) is 17.0 Å². The molecule has 29 heavy (non-hydrogen) atoms. The number of fused-ring (bicyclic) bond motifs is 1. The molecule has 0 radical (unpaired) electrons. The Balaban J connectivity index is 1.89. The van der Waals surface area contributed by atoms with Crippen molar-refractivity contribution in [3.05, 3.63) is 70.4 Å². The number of halogens is 1. The van der Waals surface area contributed by atoms with Gasteiger partial charge in [-0.2, -0.15) is 0 Å². The minimum absolute atomic E-state index is 0.00449. The minimum Gasteiger partial charge on any atom is -0.488 e. The van der Waals surface area contributed by atoms with Crippen molar-refractivity contribution in [3.63, 3.8) is 0 Å². The molecule has 1 atom stereocenters. The second-order valence-corrected chi connectivity index (χ2v) is 7.11. The molecule has 1 N–H and O–H groups in total. The fourth-order valence-electron chi connectivity index (χ4n) is 3.88. The molecule has 0 saturated heterocycles. The van der Waals surface area contributed by atoms with Gasteiger partial charge in [0.25, 0.3) is 0 Å². The summed E-state index contributed by atoms with van der Waals surface area (Å²) in [7, 11) is 0. The van der Waals surface area contributed by atoms with Gasteiger partial charge in [0.2, 0.25) is 5.43 Å². The van der Waals surface area contributed by atoms with E-state index in [1.54, 1.807) is 29.0 Å². The van der Waals surface area contributed by atoms with Gasteiger partial charge in [0, 0.05) is 17.8 Å². The molecule has 2 aromatic carbocycles. The Morgan fingerprint density at radius 2 is 2.14 bits per heavy atom. The number of benzene rings is 2. The number of aromatic carboxylic acids is 1. The molecule has 0 amide bonds. The molecule has 3 heterocycles. The maximum Gasteiger partial charge on any atom is 0.341 e. The summed E-state index contributed by atoms with van der Waals surface area (Å²) in [6.07, 6.45) is 3.00. The van der Waals surface area contributed by atoms with Crippen LogP contribution < -0.4 is 10.2 Å². The Kier molecular flexibility index (Phi) is 3.67. The zero-order valence-electron chi connectivity index (χ0n) is 15.3. The van der Waals surface area contributed by atoms with E-state index in [2.05, 4.69) is 4.98 Å². The van der Waals surface area contributed by atoms with Gasteiger partial charge >= 0.3 is 5.97 Å². The van der Waals surface area contributed by atoms with Gasteiger partial charge in [-0.05, 0) is 36.8 Å². The number of carbonyl (C=O) groups is 1. The molecule has 144 valence electrons. The molecule has 0 bridgehead atoms. The van der Waals surface area contributed by atoms with Crippen LogP contribution in [0.15, 0.2) is 53.6 Å². The molecule has 1 aliphatic heterocycles. The van der Waals surface area contributed by atoms with Crippen molar-refractivity contribution in [2.24, 2.45) is 0 Å². The van der Waals surface area contributed by atoms with Gasteiger partial charge in [0.1, 0.15) is 18.0 Å². The zero-order valence-corrected chi connectivity index (χ0v) is 15.3. The van der Waals surface area contributed by atoms with Gasteiger partial charge < -0.3 is 14.4 Å². The summed E-state index contributed by atoms with van der Waals surface area (Å²) in [5.74, 6) is -1.74. The van der Waals surface area contributed by atoms with Crippen molar-refractivity contribution in [2.75, 3.05) is 6.61 Å². The van der Waals surface area contributed by atoms with Gasteiger partial charge in [-0.1, -0.05) is 12.1 Å². The highest BCUT2D eigenvalue weighted by molar-refractivity contribution is 5.99. The standard InChI is InChI=1S/C22H15FN2O4/c1-11-10-29-21-18(13-4-5-17-12(7-13)3-2-6-24-17)16(23)8-14-19(21)25(11)9-15(20(14)26)22(27)28/h2-9,11H,10H2,1H3,(H,27,28)/t11-/m1/s1. The number of carboxylic acids is 1. The summed E-state index contributed by atoms with van der Waals surface area (Å²) in [6.45, 7) is 2.08. The molecule has 2 aromatic heterocycles. The van der Waals surface area contributed by atoms with Gasteiger partial charge in [-0.3, -0.25) is 9.78 Å². The first-order valence-electron chi connectivity index (χ1n) is 9.08. The minimum atomic E-state index is -1.34. The quantitative estimate of drug-likeness (QED) is 0.559. The lowest BCUT2D eigenvalue weighted by Gasteiger charge is -2.28. The highest BCUT2D eigenvalue weighted by Crippen LogP contribution is 2.42. The second-order valence-electron chi connectivity index (χ2n) is 7.11. The Bertz CT molecular complexity index is 1390. The van der Waals surface area contributed by atoms with E-state index in [1.807, 2.05) is 19.1 Å². The van der Waals surface area contributed by atoms with E-state index in [1.165, 1.54) is 6.20 Å². The number of pyridine rings is 2. The third-order valence-electron chi connectivity index (χ3n) is 5.29. The first-order valence-corrected chi connectivity index (χ1v) is 9.08. The number of aromatic nitrogens is 2. The molecule has 4 aromatic rings. The molecule has 1 aliphatic rings. The zero-order chi connectivity index (χ0) is 20.3. The van der Waals surface area contributed by atoms with Crippen molar-refractivity contribution >= 4 is 27.8 Å². The van der Waals surface area contributed by atoms with Crippen LogP contribution in [0.25, 0.3) is 32.9 Å². The third kappa shape index (κ3) is 2.51. The lowest BCUT2D eigenvalue weighted by Crippen LogP contribution is -2.27. The number of hydrogen-bond acceptors (Lipinski definition) is 4. The highest BCUT2D eigenvalue weighted by atomic mass is 19.1. The average molecular weight is 390 g/mol. The summed E-state index contributed by atoms with van der Waals surface area (Å²) < 4.78 is 22.8. The molecule has 5 rings (SSSR count). The fourth-order valence-corrected chi connectivity index (χ4v) is 3.88. The monoisotopic (exact) mass is 390 g/mol. The molecule has 0 unspecified atom stereocenters. The average Bonchev–Trinajstić information content (AvgIpc) is 2.71. The van der Waals surface area contributed by atoms with E-state index >= 15 is 4.39 Å². The summed E-state index contributed by atoms with van der Waals surface area (Å²) in [5.41, 5.74) is 0.907. The SMILES string of the molecule is C[C@@H]1COc2c(-c3ccc4ncccc4c3)c(F)cc3c(=O)c(C(=O)O)cn1c23. The van der Waals surface area contributed by atoms with Crippen LogP contribution in [0.3, 0.4) is 0 Å². The lowest BCUT2D eigenvalue weighted by molar-refractivity contribution is 0.0694. The second kappa shape index (κ2) is 6.13. The van der Waals surface area contributed by atoms with Crippen LogP contribution in [-0.2, 0) is 0 Å². The van der Waals surface area contributed by atoms with E-state index in [0.29, 0.717) is 11.1 Å². The van der Waals surface area contributed by atoms with Crippen molar-refractivity contribution in [2.45, 2.75) is 13.0 Å². The van der Waals surface area contributed by atoms with Gasteiger partial charge in [-0.25, -0.2) is 9.18 Å². The first kappa shape index (κ1) is 17.4. The Labute approximate surface area is 163 Å². The van der Waals surface area contributed by atoms with Crippen LogP contribution in [0.1, 0.15) is 23.3 Å². The molecule has 0 fully saturated rings. The van der Waals surface area contributed by atoms with Crippen LogP contribution in [0.5, 0.6) is 5.75 Å². The summed E-state index contributed by atoms with van der Waals surface area (Å²) in [4.78, 5) is 28.4. The lowest BCUT2D eigenvalue weighted by atomic mass is 9.97. The van der Waals surface area contributed by atoms with E-state index in [-0.39, 0.29) is 34.9 Å². The number of nitrogens with zero attached hydrogens (tertiary/aromatic N) is 2. The predicted octanol–water partition coefficient (Wildman–Crippen LogP) is 4.01. The maximum atomic E-state index is 15.2. The smallest absolute Gasteiger partial charge is 0.341 e. The number of carboxylic acid groups (broad SMARTS) is 1. The molecule has 6 nitrogen and oxygen atoms in total. The largest absolute Gasteiger partial charge is 0.488 e. The summed E-state index contributed by atoms with van der Waals surface area (Å²) in [6, 6.07) is 9.96. The fraction of sp³-hybridized carbons (Fsp3) is 0.136. The van der Waals surface area contributed by atoms with Crippen LogP contribution in [-0.4, -0.2) is 27.2 Å². The van der Waals surface area contributed by atoms with E-state index in [4.69, 9.17) is 4.74 Å². The van der Waals surface area contributed by atoms with Crippen LogP contribution in [0.4, 0.5) is 4.39 Å². The van der Waals surface area contributed by atoms with Crippen LogP contribution >= 0.6 is 0 Å². The molecular weight excluding hydrogens is 375 g/mol. The van der Waals surface area contributed by atoms with E-state index < -0.39 is 17.2 Å². The Hall–Kier alpha value is -3.74. The predicted molar refractivity (Wildman–Crippen MR) is 106 cm³/mol. The maximum absolute atomic E-state index is 15.2. The van der Waals surface area contributed by atoms with E-state index in [9.17, 15) is 14.7 Å². The van der Waals surface area contributed by atoms with Crippen molar-refractivity contribution < 1.29 is 19.0 Å². The molecular formula is C22H15FN2O4. The van der Waals surface area contributed by atoms with Gasteiger partial charge in [0.15, 0.2) is 5.75 Å². The highest BCUT2D eigenvalue weighted by Gasteiger charge is 2.28.